The summed E-state index contributed by atoms with van der Waals surface area (Å²) in [5.74, 6) is 0. The fraction of sp³-hybridized carbons (Fsp3) is 0.0833. The fourth-order valence-electron chi connectivity index (χ4n) is 1.32. The van der Waals surface area contributed by atoms with Crippen LogP contribution in [0.1, 0.15) is 16.8 Å². The Hall–Kier alpha value is -1.45. The first-order chi connectivity index (χ1) is 7.40. The van der Waals surface area contributed by atoms with Gasteiger partial charge in [0.1, 0.15) is 0 Å². The molecule has 2 nitrogen and oxygen atoms in total. The third-order valence-electron chi connectivity index (χ3n) is 2.11. The van der Waals surface area contributed by atoms with Crippen molar-refractivity contribution in [1.82, 2.24) is 4.98 Å². The monoisotopic (exact) mass is 217 g/mol. The van der Waals surface area contributed by atoms with Crippen LogP contribution in [0.15, 0.2) is 35.2 Å². The molecule has 0 radical (unpaired) electrons. The molecular weight excluding hydrogens is 206 g/mol. The highest BCUT2D eigenvalue weighted by Crippen LogP contribution is 2.13. The number of hydrogen-bond acceptors (Lipinski definition) is 3. The zero-order valence-electron chi connectivity index (χ0n) is 8.13. The number of rotatable bonds is 3. The lowest BCUT2D eigenvalue weighted by Crippen LogP contribution is -1.86. The summed E-state index contributed by atoms with van der Waals surface area (Å²) in [5, 5.41) is 11.1. The largest absolute Gasteiger partial charge is 0.392 e. The minimum Gasteiger partial charge on any atom is -0.392 e. The lowest BCUT2D eigenvalue weighted by Gasteiger charge is -2.00. The van der Waals surface area contributed by atoms with Gasteiger partial charge in [0, 0.05) is 5.38 Å². The van der Waals surface area contributed by atoms with E-state index in [4.69, 9.17) is 5.11 Å². The number of nitrogens with zero attached hydrogens (tertiary/aromatic N) is 1. The molecule has 1 N–H and O–H groups in total. The Morgan fingerprint density at radius 2 is 2.13 bits per heavy atom. The summed E-state index contributed by atoms with van der Waals surface area (Å²) < 4.78 is 0. The van der Waals surface area contributed by atoms with E-state index in [1.165, 1.54) is 0 Å². The van der Waals surface area contributed by atoms with E-state index < -0.39 is 0 Å². The van der Waals surface area contributed by atoms with Gasteiger partial charge in [-0.05, 0) is 17.2 Å². The maximum Gasteiger partial charge on any atom is 0.0798 e. The lowest BCUT2D eigenvalue weighted by atomic mass is 10.1. The van der Waals surface area contributed by atoms with Gasteiger partial charge in [-0.15, -0.1) is 11.3 Å². The molecule has 2 rings (SSSR count). The Morgan fingerprint density at radius 1 is 1.27 bits per heavy atom. The van der Waals surface area contributed by atoms with Gasteiger partial charge in [-0.3, -0.25) is 0 Å². The van der Waals surface area contributed by atoms with Crippen LogP contribution in [-0.2, 0) is 6.61 Å². The standard InChI is InChI=1S/C12H11NOS/c14-7-11-4-2-1-3-10(11)5-6-12-8-15-9-13-12/h1-6,8-9,14H,7H2. The normalized spacial score (nSPS) is 11.0. The molecule has 0 spiro atoms. The predicted molar refractivity (Wildman–Crippen MR) is 63.4 cm³/mol. The van der Waals surface area contributed by atoms with Crippen molar-refractivity contribution in [2.24, 2.45) is 0 Å². The summed E-state index contributed by atoms with van der Waals surface area (Å²) in [6.45, 7) is 0.0670. The van der Waals surface area contributed by atoms with Gasteiger partial charge in [-0.2, -0.15) is 0 Å². The van der Waals surface area contributed by atoms with E-state index in [0.717, 1.165) is 16.8 Å². The Labute approximate surface area is 92.5 Å². The highest BCUT2D eigenvalue weighted by molar-refractivity contribution is 7.07. The molecule has 0 fully saturated rings. The molecule has 15 heavy (non-hydrogen) atoms. The predicted octanol–water partition coefficient (Wildman–Crippen LogP) is 2.81. The minimum atomic E-state index is 0.0670. The smallest absolute Gasteiger partial charge is 0.0798 e. The van der Waals surface area contributed by atoms with E-state index in [0.29, 0.717) is 0 Å². The van der Waals surface area contributed by atoms with Crippen LogP contribution < -0.4 is 0 Å². The van der Waals surface area contributed by atoms with Crippen molar-refractivity contribution in [2.45, 2.75) is 6.61 Å². The highest BCUT2D eigenvalue weighted by Gasteiger charge is 1.96. The topological polar surface area (TPSA) is 33.1 Å². The van der Waals surface area contributed by atoms with E-state index in [2.05, 4.69) is 4.98 Å². The third-order valence-corrected chi connectivity index (χ3v) is 2.72. The highest BCUT2D eigenvalue weighted by atomic mass is 32.1. The second-order valence-electron chi connectivity index (χ2n) is 3.10. The number of thiazole rings is 1. The molecule has 76 valence electrons. The minimum absolute atomic E-state index is 0.0670. The van der Waals surface area contributed by atoms with E-state index >= 15 is 0 Å². The van der Waals surface area contributed by atoms with Gasteiger partial charge in [-0.25, -0.2) is 4.98 Å². The molecule has 0 atom stereocenters. The Balaban J connectivity index is 2.24. The van der Waals surface area contributed by atoms with Crippen molar-refractivity contribution in [3.63, 3.8) is 0 Å². The van der Waals surface area contributed by atoms with E-state index in [-0.39, 0.29) is 6.61 Å². The average Bonchev–Trinajstić information content (AvgIpc) is 2.79. The molecule has 0 saturated carbocycles. The van der Waals surface area contributed by atoms with Crippen molar-refractivity contribution >= 4 is 23.5 Å². The number of aromatic nitrogens is 1. The van der Waals surface area contributed by atoms with E-state index in [9.17, 15) is 0 Å². The molecule has 1 aromatic heterocycles. The number of hydrogen-bond donors (Lipinski definition) is 1. The summed E-state index contributed by atoms with van der Waals surface area (Å²) in [6, 6.07) is 7.78. The van der Waals surface area contributed by atoms with Crippen LogP contribution in [0.25, 0.3) is 12.2 Å². The summed E-state index contributed by atoms with van der Waals surface area (Å²) in [6.07, 6.45) is 3.92. The lowest BCUT2D eigenvalue weighted by molar-refractivity contribution is 0.281. The molecule has 0 bridgehead atoms. The quantitative estimate of drug-likeness (QED) is 0.857. The SMILES string of the molecule is OCc1ccccc1C=Cc1cscn1. The number of aliphatic hydroxyl groups excluding tert-OH is 1. The van der Waals surface area contributed by atoms with Crippen molar-refractivity contribution < 1.29 is 5.11 Å². The number of aliphatic hydroxyl groups is 1. The molecule has 3 heteroatoms. The maximum atomic E-state index is 9.13. The van der Waals surface area contributed by atoms with Crippen molar-refractivity contribution in [3.05, 3.63) is 52.0 Å². The summed E-state index contributed by atoms with van der Waals surface area (Å²) in [5.41, 5.74) is 4.72. The summed E-state index contributed by atoms with van der Waals surface area (Å²) in [7, 11) is 0. The zero-order chi connectivity index (χ0) is 10.5. The van der Waals surface area contributed by atoms with Gasteiger partial charge in [0.15, 0.2) is 0 Å². The maximum absolute atomic E-state index is 9.13. The second kappa shape index (κ2) is 4.87. The van der Waals surface area contributed by atoms with Gasteiger partial charge in [0.2, 0.25) is 0 Å². The summed E-state index contributed by atoms with van der Waals surface area (Å²) >= 11 is 1.57. The van der Waals surface area contributed by atoms with Crippen LogP contribution >= 0.6 is 11.3 Å². The molecule has 0 aliphatic carbocycles. The third kappa shape index (κ3) is 2.52. The van der Waals surface area contributed by atoms with Crippen LogP contribution in [0, 0.1) is 0 Å². The van der Waals surface area contributed by atoms with Gasteiger partial charge >= 0.3 is 0 Å². The van der Waals surface area contributed by atoms with E-state index in [1.807, 2.05) is 41.8 Å². The van der Waals surface area contributed by atoms with Crippen molar-refractivity contribution in [2.75, 3.05) is 0 Å². The molecule has 0 amide bonds. The van der Waals surface area contributed by atoms with E-state index in [1.54, 1.807) is 16.8 Å². The van der Waals surface area contributed by atoms with Crippen LogP contribution in [0.4, 0.5) is 0 Å². The Morgan fingerprint density at radius 3 is 2.87 bits per heavy atom. The molecule has 0 aliphatic heterocycles. The van der Waals surface area contributed by atoms with Gasteiger partial charge in [0.25, 0.3) is 0 Å². The molecule has 0 unspecified atom stereocenters. The van der Waals surface area contributed by atoms with Crippen LogP contribution in [-0.4, -0.2) is 10.1 Å². The zero-order valence-corrected chi connectivity index (χ0v) is 8.95. The van der Waals surface area contributed by atoms with Crippen LogP contribution in [0.3, 0.4) is 0 Å². The van der Waals surface area contributed by atoms with Crippen LogP contribution in [0.5, 0.6) is 0 Å². The van der Waals surface area contributed by atoms with Crippen LogP contribution in [0.2, 0.25) is 0 Å². The molecular formula is C12H11NOS. The first-order valence-electron chi connectivity index (χ1n) is 4.65. The Bertz CT molecular complexity index is 448. The molecule has 0 aliphatic rings. The molecule has 2 aromatic rings. The van der Waals surface area contributed by atoms with Gasteiger partial charge < -0.3 is 5.11 Å². The molecule has 1 aromatic carbocycles. The van der Waals surface area contributed by atoms with Crippen molar-refractivity contribution in [1.29, 1.82) is 0 Å². The van der Waals surface area contributed by atoms with Gasteiger partial charge in [0.05, 0.1) is 17.8 Å². The Kier molecular flexibility index (Phi) is 3.27. The number of benzene rings is 1. The fourth-order valence-corrected chi connectivity index (χ4v) is 1.84. The first kappa shape index (κ1) is 10.1. The summed E-state index contributed by atoms with van der Waals surface area (Å²) in [4.78, 5) is 4.16. The molecule has 0 saturated heterocycles. The first-order valence-corrected chi connectivity index (χ1v) is 5.59. The molecule has 1 heterocycles. The van der Waals surface area contributed by atoms with Gasteiger partial charge in [-0.1, -0.05) is 30.3 Å². The van der Waals surface area contributed by atoms with Crippen molar-refractivity contribution in [3.8, 4) is 0 Å². The average molecular weight is 217 g/mol. The second-order valence-corrected chi connectivity index (χ2v) is 3.82.